The van der Waals surface area contributed by atoms with Crippen LogP contribution in [0.1, 0.15) is 24.1 Å². The lowest BCUT2D eigenvalue weighted by atomic mass is 9.95. The number of hydrogen-bond donors (Lipinski definition) is 3. The number of Topliss-reactive ketones (excluding diaryl/α,β-unsaturated/α-hetero) is 1. The Balaban J connectivity index is 2.18. The van der Waals surface area contributed by atoms with Gasteiger partial charge in [0, 0.05) is 12.1 Å². The first-order valence-electron chi connectivity index (χ1n) is 8.21. The molecule has 6 nitrogen and oxygen atoms in total. The molecule has 2 aromatic rings. The van der Waals surface area contributed by atoms with Crippen LogP contribution >= 0.6 is 0 Å². The fourth-order valence-corrected chi connectivity index (χ4v) is 3.11. The zero-order chi connectivity index (χ0) is 18.8. The summed E-state index contributed by atoms with van der Waals surface area (Å²) in [5.74, 6) is -1.80. The maximum Gasteiger partial charge on any atom is 0.295 e. The second-order valence-corrected chi connectivity index (χ2v) is 6.26. The minimum atomic E-state index is -0.843. The maximum atomic E-state index is 12.6. The first-order valence-corrected chi connectivity index (χ1v) is 8.21. The quantitative estimate of drug-likeness (QED) is 0.445. The average molecular weight is 353 g/mol. The number of aliphatic hydroxyl groups excluding tert-OH is 2. The van der Waals surface area contributed by atoms with E-state index in [9.17, 15) is 24.9 Å². The number of aliphatic hydroxyl groups is 2. The third-order valence-corrected chi connectivity index (χ3v) is 4.26. The summed E-state index contributed by atoms with van der Waals surface area (Å²) in [5.41, 5.74) is 0.944. The van der Waals surface area contributed by atoms with Crippen LogP contribution < -0.4 is 0 Å². The SMILES string of the molecule is C[C@H](O)CN1C(=O)C(=O)C(=C(O)c2ccccc2)[C@H]1c1ccc(O)cc1. The lowest BCUT2D eigenvalue weighted by Crippen LogP contribution is -2.35. The van der Waals surface area contributed by atoms with Crippen molar-refractivity contribution in [3.8, 4) is 5.75 Å². The number of nitrogens with zero attached hydrogens (tertiary/aromatic N) is 1. The summed E-state index contributed by atoms with van der Waals surface area (Å²) in [6, 6.07) is 13.7. The van der Waals surface area contributed by atoms with Gasteiger partial charge in [-0.15, -0.1) is 0 Å². The summed E-state index contributed by atoms with van der Waals surface area (Å²) in [5, 5.41) is 30.0. The number of amides is 1. The number of phenolic OH excluding ortho intramolecular Hbond substituents is 1. The Labute approximate surface area is 150 Å². The van der Waals surface area contributed by atoms with Crippen molar-refractivity contribution in [2.24, 2.45) is 0 Å². The van der Waals surface area contributed by atoms with E-state index in [0.29, 0.717) is 11.1 Å². The predicted octanol–water partition coefficient (Wildman–Crippen LogP) is 2.19. The Kier molecular flexibility index (Phi) is 4.77. The molecule has 1 heterocycles. The van der Waals surface area contributed by atoms with Crippen molar-refractivity contribution in [2.75, 3.05) is 6.54 Å². The highest BCUT2D eigenvalue weighted by atomic mass is 16.3. The van der Waals surface area contributed by atoms with Crippen LogP contribution in [0.25, 0.3) is 5.76 Å². The molecule has 0 bridgehead atoms. The molecule has 1 amide bonds. The highest BCUT2D eigenvalue weighted by Gasteiger charge is 2.46. The molecule has 26 heavy (non-hydrogen) atoms. The second-order valence-electron chi connectivity index (χ2n) is 6.26. The van der Waals surface area contributed by atoms with Crippen LogP contribution in [0.3, 0.4) is 0 Å². The lowest BCUT2D eigenvalue weighted by molar-refractivity contribution is -0.140. The zero-order valence-electron chi connectivity index (χ0n) is 14.2. The van der Waals surface area contributed by atoms with E-state index >= 15 is 0 Å². The standard InChI is InChI=1S/C20H19NO5/c1-12(22)11-21-17(13-7-9-15(23)10-8-13)16(19(25)20(21)26)18(24)14-5-3-2-4-6-14/h2-10,12,17,22-24H,11H2,1H3/t12-,17+/m0/s1. The monoisotopic (exact) mass is 353 g/mol. The van der Waals surface area contributed by atoms with Gasteiger partial charge >= 0.3 is 0 Å². The number of ketones is 1. The Morgan fingerprint density at radius 3 is 2.27 bits per heavy atom. The smallest absolute Gasteiger partial charge is 0.295 e. The van der Waals surface area contributed by atoms with Gasteiger partial charge in [-0.1, -0.05) is 42.5 Å². The predicted molar refractivity (Wildman–Crippen MR) is 95.2 cm³/mol. The number of carbonyl (C=O) groups excluding carboxylic acids is 2. The molecule has 134 valence electrons. The molecule has 6 heteroatoms. The summed E-state index contributed by atoms with van der Waals surface area (Å²) in [6.07, 6.45) is -0.843. The molecule has 0 aliphatic carbocycles. The van der Waals surface area contributed by atoms with Gasteiger partial charge in [0.2, 0.25) is 0 Å². The third kappa shape index (κ3) is 3.19. The molecule has 2 aromatic carbocycles. The molecule has 0 aromatic heterocycles. The van der Waals surface area contributed by atoms with Crippen molar-refractivity contribution >= 4 is 17.4 Å². The molecule has 0 saturated carbocycles. The number of hydrogen-bond acceptors (Lipinski definition) is 5. The van der Waals surface area contributed by atoms with Gasteiger partial charge in [0.15, 0.2) is 0 Å². The first kappa shape index (κ1) is 17.7. The molecule has 0 unspecified atom stereocenters. The van der Waals surface area contributed by atoms with Crippen LogP contribution in [0.2, 0.25) is 0 Å². The second kappa shape index (κ2) is 7.01. The topological polar surface area (TPSA) is 98.1 Å². The highest BCUT2D eigenvalue weighted by Crippen LogP contribution is 2.39. The average Bonchev–Trinajstić information content (AvgIpc) is 2.87. The van der Waals surface area contributed by atoms with E-state index in [2.05, 4.69) is 0 Å². The number of aromatic hydroxyl groups is 1. The van der Waals surface area contributed by atoms with E-state index in [1.807, 2.05) is 0 Å². The minimum Gasteiger partial charge on any atom is -0.508 e. The van der Waals surface area contributed by atoms with E-state index in [-0.39, 0.29) is 23.6 Å². The van der Waals surface area contributed by atoms with Gasteiger partial charge in [0.25, 0.3) is 11.7 Å². The summed E-state index contributed by atoms with van der Waals surface area (Å²) in [6.45, 7) is 1.46. The van der Waals surface area contributed by atoms with E-state index in [0.717, 1.165) is 0 Å². The van der Waals surface area contributed by atoms with Crippen LogP contribution in [-0.4, -0.2) is 44.6 Å². The van der Waals surface area contributed by atoms with Gasteiger partial charge in [-0.2, -0.15) is 0 Å². The van der Waals surface area contributed by atoms with Crippen LogP contribution in [0.4, 0.5) is 0 Å². The Morgan fingerprint density at radius 1 is 1.08 bits per heavy atom. The first-order chi connectivity index (χ1) is 12.4. The van der Waals surface area contributed by atoms with E-state index in [4.69, 9.17) is 0 Å². The van der Waals surface area contributed by atoms with Crippen molar-refractivity contribution in [2.45, 2.75) is 19.1 Å². The molecule has 3 rings (SSSR count). The van der Waals surface area contributed by atoms with Crippen LogP contribution in [0.15, 0.2) is 60.2 Å². The maximum absolute atomic E-state index is 12.6. The van der Waals surface area contributed by atoms with Crippen molar-refractivity contribution < 1.29 is 24.9 Å². The summed E-state index contributed by atoms with van der Waals surface area (Å²) < 4.78 is 0. The van der Waals surface area contributed by atoms with Crippen LogP contribution in [0, 0.1) is 0 Å². The molecular weight excluding hydrogens is 334 g/mol. The molecule has 1 fully saturated rings. The molecule has 1 aliphatic rings. The number of likely N-dealkylation sites (tertiary alicyclic amines) is 1. The normalized spacial score (nSPS) is 20.4. The van der Waals surface area contributed by atoms with Crippen LogP contribution in [-0.2, 0) is 9.59 Å². The van der Waals surface area contributed by atoms with Gasteiger partial charge in [-0.05, 0) is 24.6 Å². The van der Waals surface area contributed by atoms with Crippen molar-refractivity contribution in [3.63, 3.8) is 0 Å². The number of β-amino-alcohol motifs (C(OH)–C–C–N with tert-alkyl or cyclic N) is 1. The van der Waals surface area contributed by atoms with Crippen molar-refractivity contribution in [1.82, 2.24) is 4.90 Å². The van der Waals surface area contributed by atoms with E-state index in [1.165, 1.54) is 24.0 Å². The molecule has 1 saturated heterocycles. The van der Waals surface area contributed by atoms with Gasteiger partial charge in [0.05, 0.1) is 17.7 Å². The Hall–Kier alpha value is -3.12. The fourth-order valence-electron chi connectivity index (χ4n) is 3.11. The molecule has 1 aliphatic heterocycles. The Bertz CT molecular complexity index is 856. The highest BCUT2D eigenvalue weighted by molar-refractivity contribution is 6.46. The molecule has 3 N–H and O–H groups in total. The summed E-state index contributed by atoms with van der Waals surface area (Å²) in [7, 11) is 0. The van der Waals surface area contributed by atoms with Gasteiger partial charge in [-0.25, -0.2) is 0 Å². The zero-order valence-corrected chi connectivity index (χ0v) is 14.2. The largest absolute Gasteiger partial charge is 0.508 e. The Morgan fingerprint density at radius 2 is 1.69 bits per heavy atom. The number of carbonyl (C=O) groups is 2. The van der Waals surface area contributed by atoms with Crippen molar-refractivity contribution in [1.29, 1.82) is 0 Å². The molecule has 0 spiro atoms. The summed E-state index contributed by atoms with van der Waals surface area (Å²) >= 11 is 0. The van der Waals surface area contributed by atoms with Crippen molar-refractivity contribution in [3.05, 3.63) is 71.3 Å². The van der Waals surface area contributed by atoms with Crippen LogP contribution in [0.5, 0.6) is 5.75 Å². The van der Waals surface area contributed by atoms with E-state index < -0.39 is 23.8 Å². The van der Waals surface area contributed by atoms with Gasteiger partial charge in [0.1, 0.15) is 11.5 Å². The fraction of sp³-hybridized carbons (Fsp3) is 0.200. The molecule has 2 atom stereocenters. The number of benzene rings is 2. The molecule has 0 radical (unpaired) electrons. The van der Waals surface area contributed by atoms with Gasteiger partial charge in [-0.3, -0.25) is 9.59 Å². The minimum absolute atomic E-state index is 0.0347. The third-order valence-electron chi connectivity index (χ3n) is 4.26. The lowest BCUT2D eigenvalue weighted by Gasteiger charge is -2.26. The van der Waals surface area contributed by atoms with E-state index in [1.54, 1.807) is 42.5 Å². The molecular formula is C20H19NO5. The number of rotatable bonds is 4. The summed E-state index contributed by atoms with van der Waals surface area (Å²) in [4.78, 5) is 26.4. The number of phenols is 1. The van der Waals surface area contributed by atoms with Gasteiger partial charge < -0.3 is 20.2 Å².